The van der Waals surface area contributed by atoms with Gasteiger partial charge in [-0.1, -0.05) is 11.6 Å². The molecule has 0 spiro atoms. The SMILES string of the molecule is Nc1ccc2nc(COc3ccc(Cl)cc3Br)oc2c1. The van der Waals surface area contributed by atoms with Crippen LogP contribution in [0.1, 0.15) is 5.89 Å². The summed E-state index contributed by atoms with van der Waals surface area (Å²) in [5.74, 6) is 1.17. The molecule has 0 fully saturated rings. The van der Waals surface area contributed by atoms with Crippen molar-refractivity contribution in [1.29, 1.82) is 0 Å². The Bertz CT molecular complexity index is 773. The Balaban J connectivity index is 1.79. The molecule has 20 heavy (non-hydrogen) atoms. The monoisotopic (exact) mass is 352 g/mol. The number of hydrogen-bond acceptors (Lipinski definition) is 4. The van der Waals surface area contributed by atoms with E-state index in [0.29, 0.717) is 27.9 Å². The van der Waals surface area contributed by atoms with Crippen LogP contribution in [-0.4, -0.2) is 4.98 Å². The molecular formula is C14H10BrClN2O2. The van der Waals surface area contributed by atoms with Crippen molar-refractivity contribution in [2.75, 3.05) is 5.73 Å². The molecule has 3 rings (SSSR count). The fraction of sp³-hybridized carbons (Fsp3) is 0.0714. The molecule has 0 aliphatic heterocycles. The number of ether oxygens (including phenoxy) is 1. The van der Waals surface area contributed by atoms with E-state index in [2.05, 4.69) is 20.9 Å². The van der Waals surface area contributed by atoms with Crippen LogP contribution in [-0.2, 0) is 6.61 Å². The normalized spacial score (nSPS) is 10.9. The predicted molar refractivity (Wildman–Crippen MR) is 81.9 cm³/mol. The average molecular weight is 354 g/mol. The second-order valence-electron chi connectivity index (χ2n) is 4.20. The van der Waals surface area contributed by atoms with Gasteiger partial charge in [0, 0.05) is 16.8 Å². The van der Waals surface area contributed by atoms with E-state index in [1.807, 2.05) is 6.07 Å². The Morgan fingerprint density at radius 2 is 2.10 bits per heavy atom. The van der Waals surface area contributed by atoms with Gasteiger partial charge < -0.3 is 14.9 Å². The molecule has 1 heterocycles. The molecule has 3 aromatic rings. The highest BCUT2D eigenvalue weighted by Crippen LogP contribution is 2.29. The van der Waals surface area contributed by atoms with Crippen LogP contribution in [0.4, 0.5) is 5.69 Å². The van der Waals surface area contributed by atoms with E-state index < -0.39 is 0 Å². The van der Waals surface area contributed by atoms with Crippen molar-refractivity contribution in [3.05, 3.63) is 51.8 Å². The number of oxazole rings is 1. The molecule has 0 saturated heterocycles. The van der Waals surface area contributed by atoms with E-state index in [9.17, 15) is 0 Å². The molecule has 0 radical (unpaired) electrons. The third-order valence-corrected chi connectivity index (χ3v) is 3.56. The molecule has 2 aromatic carbocycles. The quantitative estimate of drug-likeness (QED) is 0.709. The minimum atomic E-state index is 0.231. The van der Waals surface area contributed by atoms with Crippen molar-refractivity contribution in [2.45, 2.75) is 6.61 Å². The van der Waals surface area contributed by atoms with E-state index in [1.165, 1.54) is 0 Å². The summed E-state index contributed by atoms with van der Waals surface area (Å²) in [6.07, 6.45) is 0. The van der Waals surface area contributed by atoms with Gasteiger partial charge >= 0.3 is 0 Å². The van der Waals surface area contributed by atoms with E-state index >= 15 is 0 Å². The lowest BCUT2D eigenvalue weighted by Crippen LogP contribution is -1.96. The fourth-order valence-corrected chi connectivity index (χ4v) is 2.58. The molecule has 0 atom stereocenters. The lowest BCUT2D eigenvalue weighted by Gasteiger charge is -2.05. The topological polar surface area (TPSA) is 61.3 Å². The van der Waals surface area contributed by atoms with Gasteiger partial charge in [-0.15, -0.1) is 0 Å². The van der Waals surface area contributed by atoms with E-state index in [-0.39, 0.29) is 6.61 Å². The minimum Gasteiger partial charge on any atom is -0.483 e. The Labute approximate surface area is 128 Å². The standard InChI is InChI=1S/C14H10BrClN2O2/c15-10-5-8(16)1-4-12(10)19-7-14-18-11-3-2-9(17)6-13(11)20-14/h1-6H,7,17H2. The fourth-order valence-electron chi connectivity index (χ4n) is 1.78. The maximum atomic E-state index is 5.87. The zero-order valence-corrected chi connectivity index (χ0v) is 12.6. The largest absolute Gasteiger partial charge is 0.483 e. The number of nitrogen functional groups attached to an aromatic ring is 1. The Kier molecular flexibility index (Phi) is 3.54. The first-order valence-electron chi connectivity index (χ1n) is 5.84. The Morgan fingerprint density at radius 1 is 1.25 bits per heavy atom. The second kappa shape index (κ2) is 5.34. The molecular weight excluding hydrogens is 344 g/mol. The highest BCUT2D eigenvalue weighted by Gasteiger charge is 2.08. The van der Waals surface area contributed by atoms with Crippen molar-refractivity contribution < 1.29 is 9.15 Å². The van der Waals surface area contributed by atoms with Crippen LogP contribution in [0.3, 0.4) is 0 Å². The van der Waals surface area contributed by atoms with Crippen LogP contribution in [0.15, 0.2) is 45.3 Å². The van der Waals surface area contributed by atoms with Gasteiger partial charge in [-0.05, 0) is 46.3 Å². The first kappa shape index (κ1) is 13.3. The number of nitrogens with two attached hydrogens (primary N) is 1. The lowest BCUT2D eigenvalue weighted by atomic mass is 10.3. The van der Waals surface area contributed by atoms with Crippen LogP contribution in [0.2, 0.25) is 5.02 Å². The molecule has 6 heteroatoms. The van der Waals surface area contributed by atoms with Crippen LogP contribution in [0.5, 0.6) is 5.75 Å². The first-order chi connectivity index (χ1) is 9.61. The zero-order chi connectivity index (χ0) is 14.1. The summed E-state index contributed by atoms with van der Waals surface area (Å²) >= 11 is 9.26. The van der Waals surface area contributed by atoms with E-state index in [0.717, 1.165) is 9.99 Å². The molecule has 0 bridgehead atoms. The van der Waals surface area contributed by atoms with Crippen molar-refractivity contribution >= 4 is 44.3 Å². The van der Waals surface area contributed by atoms with Crippen LogP contribution >= 0.6 is 27.5 Å². The number of rotatable bonds is 3. The molecule has 1 aromatic heterocycles. The molecule has 0 aliphatic rings. The Morgan fingerprint density at radius 3 is 2.90 bits per heavy atom. The zero-order valence-electron chi connectivity index (χ0n) is 10.3. The molecule has 2 N–H and O–H groups in total. The number of nitrogens with zero attached hydrogens (tertiary/aromatic N) is 1. The maximum absolute atomic E-state index is 5.87. The van der Waals surface area contributed by atoms with Gasteiger partial charge in [0.25, 0.3) is 0 Å². The lowest BCUT2D eigenvalue weighted by molar-refractivity contribution is 0.265. The van der Waals surface area contributed by atoms with Gasteiger partial charge in [0.15, 0.2) is 12.2 Å². The van der Waals surface area contributed by atoms with Crippen molar-refractivity contribution in [1.82, 2.24) is 4.98 Å². The van der Waals surface area contributed by atoms with E-state index in [4.69, 9.17) is 26.5 Å². The van der Waals surface area contributed by atoms with E-state index in [1.54, 1.807) is 30.3 Å². The summed E-state index contributed by atoms with van der Waals surface area (Å²) in [4.78, 5) is 4.33. The number of hydrogen-bond donors (Lipinski definition) is 1. The van der Waals surface area contributed by atoms with Crippen molar-refractivity contribution in [3.63, 3.8) is 0 Å². The number of fused-ring (bicyclic) bond motifs is 1. The summed E-state index contributed by atoms with van der Waals surface area (Å²) in [5.41, 5.74) is 7.74. The molecule has 0 aliphatic carbocycles. The molecule has 4 nitrogen and oxygen atoms in total. The minimum absolute atomic E-state index is 0.231. The van der Waals surface area contributed by atoms with Gasteiger partial charge in [-0.2, -0.15) is 0 Å². The summed E-state index contributed by atoms with van der Waals surface area (Å²) in [5, 5.41) is 0.640. The van der Waals surface area contributed by atoms with Gasteiger partial charge in [-0.3, -0.25) is 0 Å². The third-order valence-electron chi connectivity index (χ3n) is 2.70. The number of aromatic nitrogens is 1. The summed E-state index contributed by atoms with van der Waals surface area (Å²) in [6, 6.07) is 10.6. The third kappa shape index (κ3) is 2.73. The van der Waals surface area contributed by atoms with Crippen LogP contribution in [0, 0.1) is 0 Å². The highest BCUT2D eigenvalue weighted by molar-refractivity contribution is 9.10. The Hall–Kier alpha value is -1.72. The van der Waals surface area contributed by atoms with Gasteiger partial charge in [0.2, 0.25) is 5.89 Å². The first-order valence-corrected chi connectivity index (χ1v) is 7.02. The summed E-state index contributed by atoms with van der Waals surface area (Å²) < 4.78 is 12.0. The van der Waals surface area contributed by atoms with Gasteiger partial charge in [-0.25, -0.2) is 4.98 Å². The number of halogens is 2. The van der Waals surface area contributed by atoms with Gasteiger partial charge in [0.05, 0.1) is 4.47 Å². The molecule has 102 valence electrons. The van der Waals surface area contributed by atoms with Crippen molar-refractivity contribution in [2.24, 2.45) is 0 Å². The number of anilines is 1. The maximum Gasteiger partial charge on any atom is 0.233 e. The summed E-state index contributed by atoms with van der Waals surface area (Å²) in [7, 11) is 0. The summed E-state index contributed by atoms with van der Waals surface area (Å²) in [6.45, 7) is 0.231. The molecule has 0 saturated carbocycles. The smallest absolute Gasteiger partial charge is 0.233 e. The molecule has 0 amide bonds. The van der Waals surface area contributed by atoms with Crippen LogP contribution < -0.4 is 10.5 Å². The van der Waals surface area contributed by atoms with Gasteiger partial charge in [0.1, 0.15) is 11.3 Å². The predicted octanol–water partition coefficient (Wildman–Crippen LogP) is 4.40. The molecule has 0 unspecified atom stereocenters. The number of benzene rings is 2. The average Bonchev–Trinajstić information content (AvgIpc) is 2.79. The second-order valence-corrected chi connectivity index (χ2v) is 5.49. The highest BCUT2D eigenvalue weighted by atomic mass is 79.9. The van der Waals surface area contributed by atoms with Crippen LogP contribution in [0.25, 0.3) is 11.1 Å². The van der Waals surface area contributed by atoms with Crippen molar-refractivity contribution in [3.8, 4) is 5.75 Å².